The second-order valence-electron chi connectivity index (χ2n) is 8.42. The molecular weight excluding hydrogens is 456 g/mol. The molecule has 4 rings (SSSR count). The van der Waals surface area contributed by atoms with Crippen LogP contribution >= 0.6 is 0 Å². The maximum Gasteiger partial charge on any atom is 0.414 e. The Morgan fingerprint density at radius 1 is 0.722 bits per heavy atom. The van der Waals surface area contributed by atoms with Crippen molar-refractivity contribution in [2.75, 3.05) is 32.7 Å². The first-order valence-electron chi connectivity index (χ1n) is 11.9. The summed E-state index contributed by atoms with van der Waals surface area (Å²) < 4.78 is 5.89. The number of carboxylic acid groups (broad SMARTS) is 2. The van der Waals surface area contributed by atoms with Gasteiger partial charge in [-0.15, -0.1) is 0 Å². The number of nitrogens with zero attached hydrogens (tertiary/aromatic N) is 2. The lowest BCUT2D eigenvalue weighted by molar-refractivity contribution is -0.159. The van der Waals surface area contributed by atoms with E-state index in [1.54, 1.807) is 0 Å². The van der Waals surface area contributed by atoms with E-state index >= 15 is 0 Å². The van der Waals surface area contributed by atoms with Crippen LogP contribution in [0.15, 0.2) is 91.0 Å². The summed E-state index contributed by atoms with van der Waals surface area (Å²) in [6.07, 6.45) is 4.49. The first-order valence-corrected chi connectivity index (χ1v) is 11.9. The summed E-state index contributed by atoms with van der Waals surface area (Å²) in [6.45, 7) is 7.12. The number of hydrogen-bond acceptors (Lipinski definition) is 5. The number of benzene rings is 3. The minimum absolute atomic E-state index is 0.612. The van der Waals surface area contributed by atoms with Crippen molar-refractivity contribution in [3.05, 3.63) is 108 Å². The van der Waals surface area contributed by atoms with Crippen LogP contribution in [0.5, 0.6) is 5.75 Å². The largest absolute Gasteiger partial charge is 0.489 e. The van der Waals surface area contributed by atoms with Crippen molar-refractivity contribution in [3.63, 3.8) is 0 Å². The molecular formula is C29H32N2O5. The van der Waals surface area contributed by atoms with E-state index in [1.807, 2.05) is 18.2 Å². The quantitative estimate of drug-likeness (QED) is 0.458. The zero-order valence-electron chi connectivity index (χ0n) is 20.2. The molecule has 0 aliphatic carbocycles. The van der Waals surface area contributed by atoms with Crippen molar-refractivity contribution in [1.82, 2.24) is 9.80 Å². The SMILES string of the molecule is C(=Cc1ccccc1)CN1CCN(Cc2ccc(OCc3ccccc3)cc2)CC1.O=C(O)C(=O)O. The highest BCUT2D eigenvalue weighted by atomic mass is 16.5. The van der Waals surface area contributed by atoms with E-state index in [-0.39, 0.29) is 0 Å². The number of carboxylic acids is 2. The molecule has 1 heterocycles. The van der Waals surface area contributed by atoms with Crippen molar-refractivity contribution >= 4 is 18.0 Å². The molecule has 1 fully saturated rings. The van der Waals surface area contributed by atoms with Gasteiger partial charge in [0.05, 0.1) is 0 Å². The van der Waals surface area contributed by atoms with Gasteiger partial charge in [0.1, 0.15) is 12.4 Å². The van der Waals surface area contributed by atoms with Crippen LogP contribution in [0.3, 0.4) is 0 Å². The van der Waals surface area contributed by atoms with Crippen LogP contribution in [0.4, 0.5) is 0 Å². The van der Waals surface area contributed by atoms with Gasteiger partial charge in [-0.05, 0) is 28.8 Å². The van der Waals surface area contributed by atoms with E-state index in [4.69, 9.17) is 24.5 Å². The predicted molar refractivity (Wildman–Crippen MR) is 140 cm³/mol. The van der Waals surface area contributed by atoms with Crippen LogP contribution in [-0.2, 0) is 22.7 Å². The topological polar surface area (TPSA) is 90.3 Å². The monoisotopic (exact) mass is 488 g/mol. The third kappa shape index (κ3) is 9.74. The molecule has 36 heavy (non-hydrogen) atoms. The number of piperazine rings is 1. The lowest BCUT2D eigenvalue weighted by Crippen LogP contribution is -2.45. The van der Waals surface area contributed by atoms with Crippen LogP contribution in [0, 0.1) is 0 Å². The van der Waals surface area contributed by atoms with Crippen LogP contribution in [0.25, 0.3) is 6.08 Å². The number of ether oxygens (including phenoxy) is 1. The molecule has 0 spiro atoms. The minimum atomic E-state index is -1.82. The van der Waals surface area contributed by atoms with E-state index in [0.29, 0.717) is 6.61 Å². The lowest BCUT2D eigenvalue weighted by Gasteiger charge is -2.34. The molecule has 7 nitrogen and oxygen atoms in total. The Morgan fingerprint density at radius 3 is 1.86 bits per heavy atom. The number of rotatable bonds is 8. The summed E-state index contributed by atoms with van der Waals surface area (Å²) in [6, 6.07) is 29.4. The fourth-order valence-electron chi connectivity index (χ4n) is 3.72. The Bertz CT molecular complexity index is 1080. The molecule has 1 saturated heterocycles. The maximum absolute atomic E-state index is 9.10. The molecule has 0 radical (unpaired) electrons. The molecule has 0 amide bonds. The summed E-state index contributed by atoms with van der Waals surface area (Å²) in [5.74, 6) is -2.72. The summed E-state index contributed by atoms with van der Waals surface area (Å²) in [7, 11) is 0. The summed E-state index contributed by atoms with van der Waals surface area (Å²) >= 11 is 0. The molecule has 3 aromatic carbocycles. The average molecular weight is 489 g/mol. The number of aliphatic carboxylic acids is 2. The highest BCUT2D eigenvalue weighted by Crippen LogP contribution is 2.16. The maximum atomic E-state index is 9.10. The molecule has 2 N–H and O–H groups in total. The molecule has 7 heteroatoms. The van der Waals surface area contributed by atoms with Crippen molar-refractivity contribution < 1.29 is 24.5 Å². The van der Waals surface area contributed by atoms with Gasteiger partial charge < -0.3 is 14.9 Å². The van der Waals surface area contributed by atoms with E-state index in [2.05, 4.69) is 88.7 Å². The molecule has 0 saturated carbocycles. The van der Waals surface area contributed by atoms with Crippen LogP contribution in [-0.4, -0.2) is 64.7 Å². The van der Waals surface area contributed by atoms with Gasteiger partial charge in [0, 0.05) is 39.3 Å². The Kier molecular flexibility index (Phi) is 10.7. The Labute approximate surface area is 211 Å². The van der Waals surface area contributed by atoms with Gasteiger partial charge in [0.15, 0.2) is 0 Å². The molecule has 3 aromatic rings. The third-order valence-electron chi connectivity index (χ3n) is 5.70. The summed E-state index contributed by atoms with van der Waals surface area (Å²) in [5.41, 5.74) is 3.81. The van der Waals surface area contributed by atoms with Crippen LogP contribution in [0.2, 0.25) is 0 Å². The molecule has 0 bridgehead atoms. The molecule has 0 atom stereocenters. The highest BCUT2D eigenvalue weighted by molar-refractivity contribution is 6.27. The van der Waals surface area contributed by atoms with Crippen molar-refractivity contribution in [2.45, 2.75) is 13.2 Å². The summed E-state index contributed by atoms with van der Waals surface area (Å²) in [4.78, 5) is 23.3. The molecule has 1 aliphatic rings. The minimum Gasteiger partial charge on any atom is -0.489 e. The van der Waals surface area contributed by atoms with Crippen molar-refractivity contribution in [3.8, 4) is 5.75 Å². The lowest BCUT2D eigenvalue weighted by atomic mass is 10.2. The van der Waals surface area contributed by atoms with E-state index in [1.165, 1.54) is 16.7 Å². The standard InChI is InChI=1S/C27H30N2O.C2H2O4/c1-3-8-24(9-4-1)12-7-17-28-18-20-29(21-19-28)22-25-13-15-27(16-14-25)30-23-26-10-5-2-6-11-26;3-1(4)2(5)6/h1-16H,17-23H2;(H,3,4)(H,5,6). The van der Waals surface area contributed by atoms with Crippen LogP contribution in [0.1, 0.15) is 16.7 Å². The van der Waals surface area contributed by atoms with Crippen LogP contribution < -0.4 is 4.74 Å². The molecule has 188 valence electrons. The Balaban J connectivity index is 0.000000538. The third-order valence-corrected chi connectivity index (χ3v) is 5.70. The van der Waals surface area contributed by atoms with Gasteiger partial charge in [-0.25, -0.2) is 9.59 Å². The smallest absolute Gasteiger partial charge is 0.414 e. The fourth-order valence-corrected chi connectivity index (χ4v) is 3.72. The van der Waals surface area contributed by atoms with E-state index in [0.717, 1.165) is 45.0 Å². The summed E-state index contributed by atoms with van der Waals surface area (Å²) in [5, 5.41) is 14.8. The van der Waals surface area contributed by atoms with Gasteiger partial charge in [-0.1, -0.05) is 84.9 Å². The van der Waals surface area contributed by atoms with Gasteiger partial charge in [0.25, 0.3) is 0 Å². The number of carbonyl (C=O) groups is 2. The predicted octanol–water partition coefficient (Wildman–Crippen LogP) is 4.25. The van der Waals surface area contributed by atoms with Gasteiger partial charge >= 0.3 is 11.9 Å². The van der Waals surface area contributed by atoms with Gasteiger partial charge in [-0.3, -0.25) is 9.80 Å². The van der Waals surface area contributed by atoms with Gasteiger partial charge in [0.2, 0.25) is 0 Å². The van der Waals surface area contributed by atoms with E-state index < -0.39 is 11.9 Å². The molecule has 1 aliphatic heterocycles. The zero-order chi connectivity index (χ0) is 25.6. The fraction of sp³-hybridized carbons (Fsp3) is 0.241. The van der Waals surface area contributed by atoms with Crippen molar-refractivity contribution in [2.24, 2.45) is 0 Å². The normalized spacial score (nSPS) is 14.1. The Morgan fingerprint density at radius 2 is 1.28 bits per heavy atom. The molecule has 0 aromatic heterocycles. The highest BCUT2D eigenvalue weighted by Gasteiger charge is 2.16. The first-order chi connectivity index (χ1) is 17.5. The Hall–Kier alpha value is -3.94. The molecule has 0 unspecified atom stereocenters. The van der Waals surface area contributed by atoms with E-state index in [9.17, 15) is 0 Å². The second-order valence-corrected chi connectivity index (χ2v) is 8.42. The van der Waals surface area contributed by atoms with Crippen molar-refractivity contribution in [1.29, 1.82) is 0 Å². The van der Waals surface area contributed by atoms with Gasteiger partial charge in [-0.2, -0.15) is 0 Å². The average Bonchev–Trinajstić information content (AvgIpc) is 2.91. The number of hydrogen-bond donors (Lipinski definition) is 2. The first kappa shape index (κ1) is 26.7. The second kappa shape index (κ2) is 14.5. The zero-order valence-corrected chi connectivity index (χ0v) is 20.2.